The lowest BCUT2D eigenvalue weighted by Crippen LogP contribution is -2.31. The van der Waals surface area contributed by atoms with Gasteiger partial charge in [-0.15, -0.1) is 0 Å². The molecule has 9 heteroatoms. The minimum absolute atomic E-state index is 0.103. The molecule has 1 unspecified atom stereocenters. The Kier molecular flexibility index (Phi) is 5.81. The Labute approximate surface area is 205 Å². The first-order chi connectivity index (χ1) is 17.4. The maximum atomic E-state index is 13.7. The van der Waals surface area contributed by atoms with Gasteiger partial charge < -0.3 is 14.4 Å². The average Bonchev–Trinajstić information content (AvgIpc) is 3.45. The topological polar surface area (TPSA) is 106 Å². The number of Topliss-reactive ketones (excluding diaryl/α,β-unsaturated/α-hetero) is 1. The fourth-order valence-electron chi connectivity index (χ4n) is 4.14. The zero-order valence-corrected chi connectivity index (χ0v) is 19.3. The summed E-state index contributed by atoms with van der Waals surface area (Å²) in [4.78, 5) is 32.3. The minimum atomic E-state index is -0.982. The zero-order valence-electron chi connectivity index (χ0n) is 19.3. The Morgan fingerprint density at radius 1 is 1.03 bits per heavy atom. The van der Waals surface area contributed by atoms with Gasteiger partial charge in [-0.1, -0.05) is 17.3 Å². The smallest absolute Gasteiger partial charge is 0.294 e. The second kappa shape index (κ2) is 9.10. The van der Waals surface area contributed by atoms with E-state index in [2.05, 4.69) is 10.1 Å². The van der Waals surface area contributed by atoms with Gasteiger partial charge in [-0.25, -0.2) is 4.39 Å². The number of methoxy groups -OCH3 is 1. The van der Waals surface area contributed by atoms with E-state index in [1.165, 1.54) is 36.3 Å². The molecule has 0 radical (unpaired) electrons. The minimum Gasteiger partial charge on any atom is -0.503 e. The van der Waals surface area contributed by atoms with Crippen molar-refractivity contribution in [1.82, 2.24) is 10.1 Å². The van der Waals surface area contributed by atoms with Crippen LogP contribution in [0.3, 0.4) is 0 Å². The molecule has 1 atom stereocenters. The summed E-state index contributed by atoms with van der Waals surface area (Å²) in [6, 6.07) is 17.5. The summed E-state index contributed by atoms with van der Waals surface area (Å²) in [5, 5.41) is 14.7. The highest BCUT2D eigenvalue weighted by molar-refractivity contribution is 6.21. The van der Waals surface area contributed by atoms with Crippen LogP contribution in [0, 0.1) is 12.7 Å². The largest absolute Gasteiger partial charge is 0.503 e. The second-order valence-corrected chi connectivity index (χ2v) is 8.14. The predicted octanol–water partition coefficient (Wildman–Crippen LogP) is 4.98. The molecule has 1 aliphatic rings. The number of anilines is 1. The van der Waals surface area contributed by atoms with E-state index in [1.54, 1.807) is 55.5 Å². The molecule has 4 aromatic rings. The maximum Gasteiger partial charge on any atom is 0.294 e. The Balaban J connectivity index is 1.58. The third-order valence-electron chi connectivity index (χ3n) is 5.91. The van der Waals surface area contributed by atoms with E-state index in [0.717, 1.165) is 0 Å². The third kappa shape index (κ3) is 4.00. The molecule has 0 aliphatic carbocycles. The first-order valence-electron chi connectivity index (χ1n) is 11.0. The van der Waals surface area contributed by atoms with Crippen molar-refractivity contribution in [2.75, 3.05) is 12.0 Å². The van der Waals surface area contributed by atoms with E-state index < -0.39 is 29.3 Å². The molecule has 0 fully saturated rings. The summed E-state index contributed by atoms with van der Waals surface area (Å²) in [6.07, 6.45) is 0. The third-order valence-corrected chi connectivity index (χ3v) is 5.91. The molecule has 1 aromatic heterocycles. The number of rotatable bonds is 6. The van der Waals surface area contributed by atoms with Crippen molar-refractivity contribution in [3.63, 3.8) is 0 Å². The molecule has 0 bridgehead atoms. The number of nitrogens with zero attached hydrogens (tertiary/aromatic N) is 3. The van der Waals surface area contributed by atoms with E-state index >= 15 is 0 Å². The van der Waals surface area contributed by atoms with Crippen molar-refractivity contribution in [3.8, 4) is 17.2 Å². The van der Waals surface area contributed by atoms with Crippen LogP contribution < -0.4 is 9.64 Å². The summed E-state index contributed by atoms with van der Waals surface area (Å²) in [6.45, 7) is 1.70. The standard InChI is InChI=1S/C27H20FN3O5/c1-15-29-26(36-30-15)18-5-11-20(12-6-18)31-23(16-3-9-19(28)10-4-16)22(25(33)27(31)34)24(32)17-7-13-21(35-2)14-8-17/h3-14,23,33H,1-2H3. The van der Waals surface area contributed by atoms with Gasteiger partial charge in [0.2, 0.25) is 0 Å². The second-order valence-electron chi connectivity index (χ2n) is 8.14. The molecule has 8 nitrogen and oxygen atoms in total. The van der Waals surface area contributed by atoms with Crippen LogP contribution in [0.15, 0.2) is 88.7 Å². The number of aryl methyl sites for hydroxylation is 1. The quantitative estimate of drug-likeness (QED) is 0.384. The van der Waals surface area contributed by atoms with E-state index in [-0.39, 0.29) is 11.1 Å². The van der Waals surface area contributed by atoms with Gasteiger partial charge in [0.15, 0.2) is 17.4 Å². The van der Waals surface area contributed by atoms with E-state index in [0.29, 0.717) is 34.3 Å². The number of hydrogen-bond donors (Lipinski definition) is 1. The van der Waals surface area contributed by atoms with Crippen molar-refractivity contribution in [1.29, 1.82) is 0 Å². The number of aliphatic hydroxyl groups excluding tert-OH is 1. The van der Waals surface area contributed by atoms with Crippen LogP contribution in [0.5, 0.6) is 5.75 Å². The number of benzene rings is 3. The number of aliphatic hydroxyl groups is 1. The van der Waals surface area contributed by atoms with Gasteiger partial charge in [-0.2, -0.15) is 4.98 Å². The highest BCUT2D eigenvalue weighted by Gasteiger charge is 2.44. The number of ether oxygens (including phenoxy) is 1. The first kappa shape index (κ1) is 23.0. The van der Waals surface area contributed by atoms with E-state index in [4.69, 9.17) is 9.26 Å². The van der Waals surface area contributed by atoms with E-state index in [9.17, 15) is 19.1 Å². The van der Waals surface area contributed by atoms with Crippen LogP contribution in [0.2, 0.25) is 0 Å². The molecule has 5 rings (SSSR count). The van der Waals surface area contributed by atoms with Gasteiger partial charge in [0.25, 0.3) is 11.8 Å². The summed E-state index contributed by atoms with van der Waals surface area (Å²) < 4.78 is 24.0. The van der Waals surface area contributed by atoms with Gasteiger partial charge in [-0.05, 0) is 73.2 Å². The number of carbonyl (C=O) groups is 2. The number of hydrogen-bond acceptors (Lipinski definition) is 7. The molecule has 0 spiro atoms. The van der Waals surface area contributed by atoms with Crippen LogP contribution in [-0.4, -0.2) is 34.0 Å². The maximum absolute atomic E-state index is 13.7. The van der Waals surface area contributed by atoms with Gasteiger partial charge >= 0.3 is 0 Å². The van der Waals surface area contributed by atoms with Crippen LogP contribution in [0.25, 0.3) is 11.5 Å². The van der Waals surface area contributed by atoms with Crippen molar-refractivity contribution in [2.24, 2.45) is 0 Å². The Hall–Kier alpha value is -4.79. The lowest BCUT2D eigenvalue weighted by Gasteiger charge is -2.27. The fraction of sp³-hybridized carbons (Fsp3) is 0.111. The highest BCUT2D eigenvalue weighted by Crippen LogP contribution is 2.42. The SMILES string of the molecule is COc1ccc(C(=O)C2=C(O)C(=O)N(c3ccc(-c4nc(C)no4)cc3)C2c2ccc(F)cc2)cc1. The molecule has 36 heavy (non-hydrogen) atoms. The number of aromatic nitrogens is 2. The highest BCUT2D eigenvalue weighted by atomic mass is 19.1. The predicted molar refractivity (Wildman–Crippen MR) is 128 cm³/mol. The molecular formula is C27H20FN3O5. The molecule has 0 saturated heterocycles. The van der Waals surface area contributed by atoms with E-state index in [1.807, 2.05) is 0 Å². The number of halogens is 1. The number of ketones is 1. The average molecular weight is 485 g/mol. The molecule has 3 aromatic carbocycles. The molecule has 1 aliphatic heterocycles. The zero-order chi connectivity index (χ0) is 25.4. The van der Waals surface area contributed by atoms with Crippen molar-refractivity contribution in [2.45, 2.75) is 13.0 Å². The molecule has 0 saturated carbocycles. The number of carbonyl (C=O) groups excluding carboxylic acids is 2. The Morgan fingerprint density at radius 3 is 2.28 bits per heavy atom. The lowest BCUT2D eigenvalue weighted by atomic mass is 9.92. The summed E-state index contributed by atoms with van der Waals surface area (Å²) in [7, 11) is 1.51. The van der Waals surface area contributed by atoms with Crippen molar-refractivity contribution >= 4 is 17.4 Å². The summed E-state index contributed by atoms with van der Waals surface area (Å²) in [5.41, 5.74) is 1.67. The normalized spacial score (nSPS) is 15.5. The number of amides is 1. The van der Waals surface area contributed by atoms with Crippen LogP contribution in [0.4, 0.5) is 10.1 Å². The summed E-state index contributed by atoms with van der Waals surface area (Å²) in [5.74, 6) is -1.05. The molecule has 1 amide bonds. The Morgan fingerprint density at radius 2 is 1.69 bits per heavy atom. The first-order valence-corrected chi connectivity index (χ1v) is 11.0. The fourth-order valence-corrected chi connectivity index (χ4v) is 4.14. The molecule has 2 heterocycles. The van der Waals surface area contributed by atoms with Crippen LogP contribution in [0.1, 0.15) is 27.8 Å². The monoisotopic (exact) mass is 485 g/mol. The lowest BCUT2D eigenvalue weighted by molar-refractivity contribution is -0.117. The molecule has 180 valence electrons. The van der Waals surface area contributed by atoms with Gasteiger partial charge in [0, 0.05) is 16.8 Å². The molecular weight excluding hydrogens is 465 g/mol. The van der Waals surface area contributed by atoms with Crippen molar-refractivity contribution < 1.29 is 28.3 Å². The Bertz CT molecular complexity index is 1480. The molecule has 1 N–H and O–H groups in total. The van der Waals surface area contributed by atoms with Gasteiger partial charge in [0.05, 0.1) is 18.7 Å². The van der Waals surface area contributed by atoms with Gasteiger partial charge in [0.1, 0.15) is 11.6 Å². The summed E-state index contributed by atoms with van der Waals surface area (Å²) >= 11 is 0. The van der Waals surface area contributed by atoms with Gasteiger partial charge in [-0.3, -0.25) is 14.5 Å². The van der Waals surface area contributed by atoms with Crippen molar-refractivity contribution in [3.05, 3.63) is 107 Å². The van der Waals surface area contributed by atoms with Crippen LogP contribution >= 0.6 is 0 Å². The van der Waals surface area contributed by atoms with Crippen LogP contribution in [-0.2, 0) is 4.79 Å².